The van der Waals surface area contributed by atoms with Gasteiger partial charge in [0, 0.05) is 0 Å². The van der Waals surface area contributed by atoms with Crippen molar-refractivity contribution in [1.82, 2.24) is 0 Å². The van der Waals surface area contributed by atoms with E-state index < -0.39 is 0 Å². The number of rotatable bonds is 0. The van der Waals surface area contributed by atoms with Gasteiger partial charge in [-0.25, -0.2) is 0 Å². The number of carbonyl (C=O) groups is 1. The van der Waals surface area contributed by atoms with Crippen molar-refractivity contribution < 1.29 is 9.53 Å². The molecule has 1 saturated carbocycles. The number of ether oxygens (including phenoxy) is 1. The largest absolute Gasteiger partial charge is 0.462 e. The smallest absolute Gasteiger partial charge is 0.309 e. The van der Waals surface area contributed by atoms with Crippen molar-refractivity contribution in [3.8, 4) is 0 Å². The van der Waals surface area contributed by atoms with Gasteiger partial charge < -0.3 is 4.74 Å². The minimum absolute atomic E-state index is 0.0480. The molecule has 0 aromatic heterocycles. The van der Waals surface area contributed by atoms with Crippen molar-refractivity contribution in [1.29, 1.82) is 0 Å². The summed E-state index contributed by atoms with van der Waals surface area (Å²) in [6.45, 7) is 4.36. The first kappa shape index (κ1) is 7.14. The summed E-state index contributed by atoms with van der Waals surface area (Å²) in [4.78, 5) is 11.2. The lowest BCUT2D eigenvalue weighted by molar-refractivity contribution is -0.182. The van der Waals surface area contributed by atoms with Crippen LogP contribution in [-0.4, -0.2) is 12.1 Å². The lowest BCUT2D eigenvalue weighted by Crippen LogP contribution is -2.48. The molecular formula is C9H14O2. The highest BCUT2D eigenvalue weighted by atomic mass is 16.5. The summed E-state index contributed by atoms with van der Waals surface area (Å²) >= 11 is 0. The Kier molecular flexibility index (Phi) is 1.44. The molecule has 2 bridgehead atoms. The van der Waals surface area contributed by atoms with Crippen LogP contribution in [0.25, 0.3) is 0 Å². The van der Waals surface area contributed by atoms with Crippen LogP contribution in [0.5, 0.6) is 0 Å². The van der Waals surface area contributed by atoms with Crippen LogP contribution < -0.4 is 0 Å². The quantitative estimate of drug-likeness (QED) is 0.495. The van der Waals surface area contributed by atoms with Gasteiger partial charge in [0.15, 0.2) is 0 Å². The van der Waals surface area contributed by atoms with Gasteiger partial charge >= 0.3 is 5.97 Å². The zero-order chi connectivity index (χ0) is 8.01. The summed E-state index contributed by atoms with van der Waals surface area (Å²) < 4.78 is 5.23. The standard InChI is InChI=1S/C9H14O2/c1-5-6(2)8-4-3-7(5)9(10)11-8/h5-8H,3-4H2,1-2H3. The first-order valence-electron chi connectivity index (χ1n) is 4.40. The predicted molar refractivity (Wildman–Crippen MR) is 40.9 cm³/mol. The lowest BCUT2D eigenvalue weighted by atomic mass is 9.70. The van der Waals surface area contributed by atoms with Gasteiger partial charge in [0.2, 0.25) is 0 Å². The highest BCUT2D eigenvalue weighted by Crippen LogP contribution is 2.41. The molecule has 0 spiro atoms. The second-order valence-corrected chi connectivity index (χ2v) is 3.88. The van der Waals surface area contributed by atoms with Crippen LogP contribution in [-0.2, 0) is 9.53 Å². The molecule has 2 nitrogen and oxygen atoms in total. The summed E-state index contributed by atoms with van der Waals surface area (Å²) in [7, 11) is 0. The Labute approximate surface area is 66.9 Å². The molecule has 62 valence electrons. The van der Waals surface area contributed by atoms with Crippen molar-refractivity contribution in [3.05, 3.63) is 0 Å². The molecule has 3 aliphatic rings. The zero-order valence-corrected chi connectivity index (χ0v) is 7.04. The fraction of sp³-hybridized carbons (Fsp3) is 0.889. The maximum absolute atomic E-state index is 11.2. The summed E-state index contributed by atoms with van der Waals surface area (Å²) in [6.07, 6.45) is 2.36. The van der Waals surface area contributed by atoms with E-state index in [4.69, 9.17) is 4.74 Å². The van der Waals surface area contributed by atoms with Crippen LogP contribution in [0.2, 0.25) is 0 Å². The summed E-state index contributed by atoms with van der Waals surface area (Å²) in [5, 5.41) is 0. The molecule has 2 heterocycles. The number of hydrogen-bond donors (Lipinski definition) is 0. The fourth-order valence-corrected chi connectivity index (χ4v) is 2.31. The van der Waals surface area contributed by atoms with Gasteiger partial charge in [0.05, 0.1) is 5.92 Å². The molecule has 1 aliphatic carbocycles. The van der Waals surface area contributed by atoms with E-state index in [1.807, 2.05) is 0 Å². The molecule has 4 unspecified atom stereocenters. The number of carbonyl (C=O) groups excluding carboxylic acids is 1. The zero-order valence-electron chi connectivity index (χ0n) is 7.04. The van der Waals surface area contributed by atoms with Crippen LogP contribution in [0, 0.1) is 17.8 Å². The molecular weight excluding hydrogens is 140 g/mol. The van der Waals surface area contributed by atoms with Gasteiger partial charge in [0.1, 0.15) is 6.10 Å². The van der Waals surface area contributed by atoms with Crippen LogP contribution in [0.4, 0.5) is 0 Å². The molecule has 3 fully saturated rings. The third kappa shape index (κ3) is 0.883. The number of esters is 1. The Bertz CT molecular complexity index is 186. The van der Waals surface area contributed by atoms with Crippen LogP contribution in [0.1, 0.15) is 26.7 Å². The normalized spacial score (nSPS) is 49.1. The average molecular weight is 154 g/mol. The van der Waals surface area contributed by atoms with E-state index in [1.165, 1.54) is 0 Å². The van der Waals surface area contributed by atoms with E-state index in [-0.39, 0.29) is 18.0 Å². The summed E-state index contributed by atoms with van der Waals surface area (Å²) in [5.74, 6) is 1.36. The Morgan fingerprint density at radius 1 is 1.27 bits per heavy atom. The molecule has 2 heteroatoms. The molecule has 0 radical (unpaired) electrons. The number of fused-ring (bicyclic) bond motifs is 3. The highest BCUT2D eigenvalue weighted by Gasteiger charge is 2.45. The summed E-state index contributed by atoms with van der Waals surface area (Å²) in [6, 6.07) is 0. The molecule has 11 heavy (non-hydrogen) atoms. The van der Waals surface area contributed by atoms with Crippen LogP contribution in [0.15, 0.2) is 0 Å². The predicted octanol–water partition coefficient (Wildman–Crippen LogP) is 1.59. The third-order valence-corrected chi connectivity index (χ3v) is 3.38. The molecule has 0 aromatic rings. The molecule has 2 aliphatic heterocycles. The molecule has 0 aromatic carbocycles. The van der Waals surface area contributed by atoms with E-state index >= 15 is 0 Å². The molecule has 0 N–H and O–H groups in total. The van der Waals surface area contributed by atoms with Crippen molar-refractivity contribution in [2.75, 3.05) is 0 Å². The van der Waals surface area contributed by atoms with E-state index in [1.54, 1.807) is 0 Å². The Morgan fingerprint density at radius 3 is 2.45 bits per heavy atom. The van der Waals surface area contributed by atoms with E-state index in [9.17, 15) is 4.79 Å². The first-order chi connectivity index (χ1) is 5.20. The molecule has 3 rings (SSSR count). The molecule has 2 saturated heterocycles. The van der Waals surface area contributed by atoms with Crippen molar-refractivity contribution in [3.63, 3.8) is 0 Å². The Hall–Kier alpha value is -0.530. The van der Waals surface area contributed by atoms with Crippen molar-refractivity contribution in [2.45, 2.75) is 32.8 Å². The van der Waals surface area contributed by atoms with Gasteiger partial charge in [-0.3, -0.25) is 4.79 Å². The van der Waals surface area contributed by atoms with Gasteiger partial charge in [-0.15, -0.1) is 0 Å². The van der Waals surface area contributed by atoms with Crippen molar-refractivity contribution >= 4 is 5.97 Å². The number of hydrogen-bond acceptors (Lipinski definition) is 2. The van der Waals surface area contributed by atoms with Gasteiger partial charge in [-0.05, 0) is 24.7 Å². The first-order valence-corrected chi connectivity index (χ1v) is 4.40. The highest BCUT2D eigenvalue weighted by molar-refractivity contribution is 5.74. The van der Waals surface area contributed by atoms with Crippen LogP contribution >= 0.6 is 0 Å². The van der Waals surface area contributed by atoms with Crippen LogP contribution in [0.3, 0.4) is 0 Å². The van der Waals surface area contributed by atoms with E-state index in [2.05, 4.69) is 13.8 Å². The van der Waals surface area contributed by atoms with Crippen molar-refractivity contribution in [2.24, 2.45) is 17.8 Å². The molecule has 4 atom stereocenters. The van der Waals surface area contributed by atoms with E-state index in [0.717, 1.165) is 12.8 Å². The second kappa shape index (κ2) is 2.23. The second-order valence-electron chi connectivity index (χ2n) is 3.88. The lowest BCUT2D eigenvalue weighted by Gasteiger charge is -2.44. The van der Waals surface area contributed by atoms with Gasteiger partial charge in [-0.1, -0.05) is 13.8 Å². The maximum Gasteiger partial charge on any atom is 0.309 e. The summed E-state index contributed by atoms with van der Waals surface area (Å²) in [5.41, 5.74) is 0. The fourth-order valence-electron chi connectivity index (χ4n) is 2.31. The Morgan fingerprint density at radius 2 is 2.00 bits per heavy atom. The van der Waals surface area contributed by atoms with Gasteiger partial charge in [0.25, 0.3) is 0 Å². The SMILES string of the molecule is CC1C2CCC(C(=O)O2)C1C. The minimum atomic E-state index is 0.0480. The minimum Gasteiger partial charge on any atom is -0.462 e. The third-order valence-electron chi connectivity index (χ3n) is 3.38. The topological polar surface area (TPSA) is 26.3 Å². The maximum atomic E-state index is 11.2. The van der Waals surface area contributed by atoms with E-state index in [0.29, 0.717) is 11.8 Å². The Balaban J connectivity index is 2.23. The molecule has 0 amide bonds. The monoisotopic (exact) mass is 154 g/mol. The average Bonchev–Trinajstić information content (AvgIpc) is 1.99. The van der Waals surface area contributed by atoms with Gasteiger partial charge in [-0.2, -0.15) is 0 Å².